The van der Waals surface area contributed by atoms with Crippen molar-refractivity contribution < 1.29 is 28.0 Å². The highest BCUT2D eigenvalue weighted by Crippen LogP contribution is 2.38. The first kappa shape index (κ1) is 27.0. The molecule has 0 aromatic heterocycles. The zero-order valence-corrected chi connectivity index (χ0v) is 23.0. The Balaban J connectivity index is 0.000000178. The van der Waals surface area contributed by atoms with Gasteiger partial charge in [-0.25, -0.2) is 0 Å². The average Bonchev–Trinajstić information content (AvgIpc) is 3.12. The van der Waals surface area contributed by atoms with Crippen LogP contribution in [0.3, 0.4) is 0 Å². The van der Waals surface area contributed by atoms with Gasteiger partial charge in [0.05, 0.1) is 31.8 Å². The number of benzene rings is 3. The fourth-order valence-electron chi connectivity index (χ4n) is 3.96. The summed E-state index contributed by atoms with van der Waals surface area (Å²) in [5, 5.41) is 0. The third kappa shape index (κ3) is 7.04. The van der Waals surface area contributed by atoms with Crippen LogP contribution in [0.5, 0.6) is 11.5 Å². The Labute approximate surface area is 217 Å². The minimum Gasteiger partial charge on any atom is -0.457 e. The van der Waals surface area contributed by atoms with E-state index in [0.29, 0.717) is 44.0 Å². The Bertz CT molecular complexity index is 1030. The molecule has 5 rings (SSSR count). The van der Waals surface area contributed by atoms with Crippen molar-refractivity contribution in [3.8, 4) is 22.6 Å². The molecule has 1 fully saturated rings. The number of fused-ring (bicyclic) bond motifs is 3. The molecular weight excluding hydrogens is 494 g/mol. The molecule has 0 N–H and O–H groups in total. The Morgan fingerprint density at radius 2 is 1.25 bits per heavy atom. The molecule has 0 amide bonds. The number of ether oxygens (including phenoxy) is 4. The van der Waals surface area contributed by atoms with Crippen molar-refractivity contribution in [3.05, 3.63) is 83.9 Å². The SMILES string of the molecule is CPOCC1(COPC)COC(c2ccc(C)cc2)OC1.c1ccc2c(c1)OCOc1ccccc1-2. The van der Waals surface area contributed by atoms with Crippen LogP contribution in [-0.2, 0) is 18.5 Å². The molecule has 0 spiro atoms. The second-order valence-corrected chi connectivity index (χ2v) is 10.1. The quantitative estimate of drug-likeness (QED) is 0.323. The van der Waals surface area contributed by atoms with Crippen LogP contribution in [0.15, 0.2) is 72.8 Å². The van der Waals surface area contributed by atoms with Gasteiger partial charge in [0.15, 0.2) is 6.29 Å². The molecule has 0 aliphatic carbocycles. The van der Waals surface area contributed by atoms with E-state index >= 15 is 0 Å². The van der Waals surface area contributed by atoms with Crippen molar-refractivity contribution in [3.63, 3.8) is 0 Å². The maximum atomic E-state index is 5.94. The molecule has 192 valence electrons. The first-order valence-corrected chi connectivity index (χ1v) is 14.8. The summed E-state index contributed by atoms with van der Waals surface area (Å²) in [5.41, 5.74) is 4.29. The number of rotatable bonds is 7. The molecule has 36 heavy (non-hydrogen) atoms. The van der Waals surface area contributed by atoms with Crippen LogP contribution in [0.25, 0.3) is 11.1 Å². The van der Waals surface area contributed by atoms with Crippen LogP contribution >= 0.6 is 17.6 Å². The maximum absolute atomic E-state index is 5.94. The summed E-state index contributed by atoms with van der Waals surface area (Å²) in [4.78, 5) is 0. The van der Waals surface area contributed by atoms with Crippen molar-refractivity contribution in [1.82, 2.24) is 0 Å². The number of aryl methyl sites for hydroxylation is 1. The zero-order valence-electron chi connectivity index (χ0n) is 21.0. The fourth-order valence-corrected chi connectivity index (χ4v) is 4.86. The van der Waals surface area contributed by atoms with Gasteiger partial charge in [-0.05, 0) is 32.4 Å². The second kappa shape index (κ2) is 13.5. The summed E-state index contributed by atoms with van der Waals surface area (Å²) in [7, 11) is 0.938. The van der Waals surface area contributed by atoms with E-state index in [0.717, 1.165) is 28.2 Å². The van der Waals surface area contributed by atoms with Gasteiger partial charge in [-0.1, -0.05) is 66.2 Å². The van der Waals surface area contributed by atoms with E-state index in [4.69, 9.17) is 28.0 Å². The van der Waals surface area contributed by atoms with Gasteiger partial charge in [0.2, 0.25) is 6.79 Å². The van der Waals surface area contributed by atoms with Crippen LogP contribution in [0, 0.1) is 12.3 Å². The van der Waals surface area contributed by atoms with Gasteiger partial charge < -0.3 is 28.0 Å². The smallest absolute Gasteiger partial charge is 0.230 e. The predicted molar refractivity (Wildman–Crippen MR) is 147 cm³/mol. The van der Waals surface area contributed by atoms with Crippen LogP contribution < -0.4 is 9.47 Å². The lowest BCUT2D eigenvalue weighted by Gasteiger charge is -2.39. The van der Waals surface area contributed by atoms with Gasteiger partial charge in [-0.2, -0.15) is 0 Å². The molecule has 3 aromatic carbocycles. The van der Waals surface area contributed by atoms with Gasteiger partial charge in [0.25, 0.3) is 0 Å². The van der Waals surface area contributed by atoms with Crippen molar-refractivity contribution in [2.24, 2.45) is 5.41 Å². The molecule has 3 aromatic rings. The predicted octanol–water partition coefficient (Wildman–Crippen LogP) is 6.59. The van der Waals surface area contributed by atoms with Crippen molar-refractivity contribution in [2.75, 3.05) is 46.6 Å². The zero-order chi connectivity index (χ0) is 25.2. The summed E-state index contributed by atoms with van der Waals surface area (Å²) in [6.07, 6.45) is -0.285. The second-order valence-electron chi connectivity index (χ2n) is 8.75. The summed E-state index contributed by atoms with van der Waals surface area (Å²) in [6.45, 7) is 8.82. The minimum atomic E-state index is -0.285. The van der Waals surface area contributed by atoms with E-state index in [2.05, 4.69) is 31.2 Å². The van der Waals surface area contributed by atoms with Gasteiger partial charge in [-0.3, -0.25) is 0 Å². The molecule has 2 unspecified atom stereocenters. The van der Waals surface area contributed by atoms with Gasteiger partial charge in [0, 0.05) is 34.3 Å². The van der Waals surface area contributed by atoms with Gasteiger partial charge in [-0.15, -0.1) is 0 Å². The molecule has 2 heterocycles. The van der Waals surface area contributed by atoms with Gasteiger partial charge >= 0.3 is 0 Å². The lowest BCUT2D eigenvalue weighted by molar-refractivity contribution is -0.244. The Morgan fingerprint density at radius 3 is 1.75 bits per heavy atom. The number of hydrogen-bond donors (Lipinski definition) is 0. The summed E-state index contributed by atoms with van der Waals surface area (Å²) < 4.78 is 34.1. The molecule has 2 aliphatic heterocycles. The van der Waals surface area contributed by atoms with E-state index < -0.39 is 0 Å². The first-order chi connectivity index (χ1) is 17.6. The van der Waals surface area contributed by atoms with Crippen LogP contribution in [0.2, 0.25) is 0 Å². The highest BCUT2D eigenvalue weighted by atomic mass is 31.1. The highest BCUT2D eigenvalue weighted by Gasteiger charge is 2.38. The molecular formula is C28H34O6P2. The van der Waals surface area contributed by atoms with E-state index in [1.165, 1.54) is 5.56 Å². The van der Waals surface area contributed by atoms with E-state index in [9.17, 15) is 0 Å². The monoisotopic (exact) mass is 528 g/mol. The summed E-state index contributed by atoms with van der Waals surface area (Å²) in [6, 6.07) is 24.2. The van der Waals surface area contributed by atoms with Crippen molar-refractivity contribution in [1.29, 1.82) is 0 Å². The minimum absolute atomic E-state index is 0.187. The lowest BCUT2D eigenvalue weighted by atomic mass is 9.91. The van der Waals surface area contributed by atoms with Crippen LogP contribution in [0.1, 0.15) is 17.4 Å². The number of hydrogen-bond acceptors (Lipinski definition) is 6. The van der Waals surface area contributed by atoms with Gasteiger partial charge in [0.1, 0.15) is 11.5 Å². The normalized spacial score (nSPS) is 21.1. The van der Waals surface area contributed by atoms with E-state index in [1.807, 2.05) is 61.9 Å². The van der Waals surface area contributed by atoms with E-state index in [-0.39, 0.29) is 18.5 Å². The standard InChI is InChI=1S/C15H24O4P2.C13H10O2/c1-12-4-6-13(7-5-12)14-16-8-15(9-17-14,10-18-20-2)11-19-21-3;1-3-7-12-10(5-1)11-6-2-4-8-13(11)15-9-14-12/h4-7,14,20-21H,8-11H2,1-3H3;1-8H,9H2. The topological polar surface area (TPSA) is 55.4 Å². The molecule has 0 saturated carbocycles. The fraction of sp³-hybridized carbons (Fsp3) is 0.357. The summed E-state index contributed by atoms with van der Waals surface area (Å²) >= 11 is 0. The molecule has 0 radical (unpaired) electrons. The number of para-hydroxylation sites is 2. The third-order valence-electron chi connectivity index (χ3n) is 5.97. The average molecular weight is 529 g/mol. The Hall–Kier alpha value is -2.04. The highest BCUT2D eigenvalue weighted by molar-refractivity contribution is 7.31. The Morgan fingerprint density at radius 1 is 0.750 bits per heavy atom. The third-order valence-corrected chi connectivity index (χ3v) is 6.84. The maximum Gasteiger partial charge on any atom is 0.230 e. The first-order valence-electron chi connectivity index (χ1n) is 11.9. The van der Waals surface area contributed by atoms with Crippen LogP contribution in [0.4, 0.5) is 0 Å². The lowest BCUT2D eigenvalue weighted by Crippen LogP contribution is -2.45. The largest absolute Gasteiger partial charge is 0.457 e. The molecule has 1 saturated heterocycles. The molecule has 6 nitrogen and oxygen atoms in total. The molecule has 2 atom stereocenters. The molecule has 0 bridgehead atoms. The van der Waals surface area contributed by atoms with Crippen molar-refractivity contribution in [2.45, 2.75) is 13.2 Å². The van der Waals surface area contributed by atoms with Crippen LogP contribution in [-0.4, -0.2) is 46.6 Å². The van der Waals surface area contributed by atoms with E-state index in [1.54, 1.807) is 0 Å². The molecule has 2 aliphatic rings. The van der Waals surface area contributed by atoms with Crippen molar-refractivity contribution >= 4 is 17.6 Å². The molecule has 8 heteroatoms. The summed E-state index contributed by atoms with van der Waals surface area (Å²) in [5.74, 6) is 1.75. The Kier molecular flexibility index (Phi) is 10.1.